The third-order valence-electron chi connectivity index (χ3n) is 5.56. The third kappa shape index (κ3) is 6.35. The van der Waals surface area contributed by atoms with Crippen molar-refractivity contribution in [3.05, 3.63) is 26.6 Å². The number of aromatic nitrogens is 2. The Bertz CT molecular complexity index is 941. The number of carbonyl (C=O) groups is 1. The number of fused-ring (bicyclic) bond motifs is 3. The Hall–Kier alpha value is -1.81. The van der Waals surface area contributed by atoms with E-state index in [1.807, 2.05) is 11.8 Å². The summed E-state index contributed by atoms with van der Waals surface area (Å²) in [6.07, 6.45) is 3.27. The van der Waals surface area contributed by atoms with Crippen molar-refractivity contribution in [2.24, 2.45) is 5.92 Å². The van der Waals surface area contributed by atoms with Gasteiger partial charge in [0, 0.05) is 31.5 Å². The molecule has 0 fully saturated rings. The van der Waals surface area contributed by atoms with Gasteiger partial charge in [0.1, 0.15) is 23.4 Å². The zero-order valence-electron chi connectivity index (χ0n) is 18.6. The van der Waals surface area contributed by atoms with E-state index in [0.29, 0.717) is 44.3 Å². The Morgan fingerprint density at radius 2 is 2.26 bits per heavy atom. The molecule has 8 nitrogen and oxygen atoms in total. The minimum Gasteiger partial charge on any atom is -0.463 e. The highest BCUT2D eigenvalue weighted by Crippen LogP contribution is 2.35. The molecule has 0 spiro atoms. The first-order valence-electron chi connectivity index (χ1n) is 11.0. The van der Waals surface area contributed by atoms with Gasteiger partial charge in [-0.1, -0.05) is 13.8 Å². The lowest BCUT2D eigenvalue weighted by Gasteiger charge is -2.24. The van der Waals surface area contributed by atoms with Crippen LogP contribution in [0.4, 0.5) is 0 Å². The van der Waals surface area contributed by atoms with E-state index in [4.69, 9.17) is 14.5 Å². The van der Waals surface area contributed by atoms with Gasteiger partial charge in [-0.15, -0.1) is 11.3 Å². The van der Waals surface area contributed by atoms with Gasteiger partial charge in [0.05, 0.1) is 18.5 Å². The molecule has 0 saturated heterocycles. The highest BCUT2D eigenvalue weighted by Gasteiger charge is 2.23. The monoisotopic (exact) mass is 451 g/mol. The quantitative estimate of drug-likeness (QED) is 0.505. The van der Waals surface area contributed by atoms with E-state index in [2.05, 4.69) is 11.9 Å². The van der Waals surface area contributed by atoms with Crippen LogP contribution in [0.5, 0.6) is 0 Å². The first-order valence-corrected chi connectivity index (χ1v) is 11.8. The minimum absolute atomic E-state index is 0.0544. The average molecular weight is 452 g/mol. The highest BCUT2D eigenvalue weighted by atomic mass is 32.1. The molecule has 2 atom stereocenters. The van der Waals surface area contributed by atoms with Gasteiger partial charge < -0.3 is 19.6 Å². The van der Waals surface area contributed by atoms with Crippen molar-refractivity contribution >= 4 is 27.5 Å². The van der Waals surface area contributed by atoms with Crippen LogP contribution in [0, 0.1) is 5.92 Å². The van der Waals surface area contributed by atoms with Crippen molar-refractivity contribution in [2.45, 2.75) is 58.6 Å². The number of aliphatic hydroxyl groups is 1. The Labute approximate surface area is 186 Å². The first-order chi connectivity index (χ1) is 14.9. The SMILES string of the molecule is CCCC(=O)OC[C@@H](O)CN(CCOC)Cc1nc2sc3c(c2c(=O)[nH]1)CC[C@H](C)C3. The lowest BCUT2D eigenvalue weighted by Crippen LogP contribution is -2.37. The smallest absolute Gasteiger partial charge is 0.305 e. The summed E-state index contributed by atoms with van der Waals surface area (Å²) in [5.74, 6) is 0.893. The number of nitrogens with zero attached hydrogens (tertiary/aromatic N) is 2. The highest BCUT2D eigenvalue weighted by molar-refractivity contribution is 7.18. The number of aliphatic hydroxyl groups excluding tert-OH is 1. The number of hydrogen-bond donors (Lipinski definition) is 2. The Balaban J connectivity index is 1.71. The van der Waals surface area contributed by atoms with E-state index in [1.54, 1.807) is 18.4 Å². The summed E-state index contributed by atoms with van der Waals surface area (Å²) < 4.78 is 10.3. The van der Waals surface area contributed by atoms with Crippen molar-refractivity contribution in [3.63, 3.8) is 0 Å². The zero-order valence-corrected chi connectivity index (χ0v) is 19.4. The van der Waals surface area contributed by atoms with Gasteiger partial charge in [-0.25, -0.2) is 4.98 Å². The van der Waals surface area contributed by atoms with Gasteiger partial charge in [0.2, 0.25) is 0 Å². The molecule has 1 aliphatic rings. The van der Waals surface area contributed by atoms with Crippen molar-refractivity contribution in [3.8, 4) is 0 Å². The predicted octanol–water partition coefficient (Wildman–Crippen LogP) is 2.26. The molecule has 0 aliphatic heterocycles. The molecule has 2 N–H and O–H groups in total. The summed E-state index contributed by atoms with van der Waals surface area (Å²) in [6.45, 7) is 5.77. The van der Waals surface area contributed by atoms with Gasteiger partial charge in [-0.05, 0) is 37.2 Å². The molecule has 1 aliphatic carbocycles. The van der Waals surface area contributed by atoms with E-state index in [9.17, 15) is 14.7 Å². The fourth-order valence-corrected chi connectivity index (χ4v) is 5.35. The maximum absolute atomic E-state index is 12.8. The number of hydrogen-bond acceptors (Lipinski definition) is 8. The standard InChI is InChI=1S/C22H33N3O5S/c1-4-5-19(27)30-13-15(26)11-25(8-9-29-3)12-18-23-21(28)20-16-7-6-14(2)10-17(16)31-22(20)24-18/h14-15,26H,4-13H2,1-3H3,(H,23,24,28)/t14-,15-/m0/s1. The number of carbonyl (C=O) groups excluding carboxylic acids is 1. The number of esters is 1. The second-order valence-electron chi connectivity index (χ2n) is 8.36. The van der Waals surface area contributed by atoms with Crippen LogP contribution in [0.25, 0.3) is 10.2 Å². The summed E-state index contributed by atoms with van der Waals surface area (Å²) in [5, 5.41) is 11.1. The van der Waals surface area contributed by atoms with Gasteiger partial charge >= 0.3 is 5.97 Å². The fourth-order valence-electron chi connectivity index (χ4n) is 3.95. The van der Waals surface area contributed by atoms with E-state index in [-0.39, 0.29) is 24.7 Å². The molecule has 0 bridgehead atoms. The number of nitrogens with one attached hydrogen (secondary N) is 1. The largest absolute Gasteiger partial charge is 0.463 e. The second-order valence-corrected chi connectivity index (χ2v) is 9.44. The molecule has 3 rings (SSSR count). The van der Waals surface area contributed by atoms with Gasteiger partial charge in [-0.3, -0.25) is 14.5 Å². The Kier molecular flexibility index (Phi) is 8.59. The third-order valence-corrected chi connectivity index (χ3v) is 6.71. The van der Waals surface area contributed by atoms with E-state index < -0.39 is 6.10 Å². The number of ether oxygens (including phenoxy) is 2. The number of methoxy groups -OCH3 is 1. The molecule has 9 heteroatoms. The molecule has 31 heavy (non-hydrogen) atoms. The molecule has 0 aromatic carbocycles. The number of H-pyrrole nitrogens is 1. The van der Waals surface area contributed by atoms with Crippen LogP contribution in [0.2, 0.25) is 0 Å². The molecule has 172 valence electrons. The van der Waals surface area contributed by atoms with Crippen molar-refractivity contribution in [1.29, 1.82) is 0 Å². The zero-order chi connectivity index (χ0) is 22.4. The number of rotatable bonds is 11. The van der Waals surface area contributed by atoms with Crippen LogP contribution in [-0.2, 0) is 33.7 Å². The van der Waals surface area contributed by atoms with Crippen LogP contribution < -0.4 is 5.56 Å². The van der Waals surface area contributed by atoms with Crippen LogP contribution in [-0.4, -0.2) is 65.5 Å². The summed E-state index contributed by atoms with van der Waals surface area (Å²) in [5.41, 5.74) is 1.08. The van der Waals surface area contributed by atoms with Gasteiger partial charge in [0.25, 0.3) is 5.56 Å². The maximum atomic E-state index is 12.8. The lowest BCUT2D eigenvalue weighted by atomic mass is 9.89. The van der Waals surface area contributed by atoms with Crippen molar-refractivity contribution < 1.29 is 19.4 Å². The molecule has 0 saturated carbocycles. The summed E-state index contributed by atoms with van der Waals surface area (Å²) >= 11 is 1.63. The molecule has 0 radical (unpaired) electrons. The second kappa shape index (κ2) is 11.2. The van der Waals surface area contributed by atoms with Gasteiger partial charge in [0.15, 0.2) is 0 Å². The topological polar surface area (TPSA) is 105 Å². The minimum atomic E-state index is -0.830. The molecule has 0 amide bonds. The van der Waals surface area contributed by atoms with E-state index in [0.717, 1.165) is 29.5 Å². The van der Waals surface area contributed by atoms with Crippen LogP contribution in [0.1, 0.15) is 49.4 Å². The summed E-state index contributed by atoms with van der Waals surface area (Å²) in [4.78, 5) is 36.1. The normalized spacial score (nSPS) is 17.1. The molecular formula is C22H33N3O5S. The predicted molar refractivity (Wildman–Crippen MR) is 120 cm³/mol. The number of thiophene rings is 1. The van der Waals surface area contributed by atoms with Crippen LogP contribution in [0.15, 0.2) is 4.79 Å². The molecule has 0 unspecified atom stereocenters. The Morgan fingerprint density at radius 1 is 1.45 bits per heavy atom. The van der Waals surface area contributed by atoms with Gasteiger partial charge in [-0.2, -0.15) is 0 Å². The molecular weight excluding hydrogens is 418 g/mol. The summed E-state index contributed by atoms with van der Waals surface area (Å²) in [7, 11) is 1.62. The lowest BCUT2D eigenvalue weighted by molar-refractivity contribution is -0.147. The number of aromatic amines is 1. The van der Waals surface area contributed by atoms with E-state index in [1.165, 1.54) is 10.4 Å². The average Bonchev–Trinajstić information content (AvgIpc) is 3.08. The van der Waals surface area contributed by atoms with Crippen molar-refractivity contribution in [1.82, 2.24) is 14.9 Å². The maximum Gasteiger partial charge on any atom is 0.305 e. The molecule has 2 heterocycles. The van der Waals surface area contributed by atoms with Crippen LogP contribution >= 0.6 is 11.3 Å². The fraction of sp³-hybridized carbons (Fsp3) is 0.682. The Morgan fingerprint density at radius 3 is 3.00 bits per heavy atom. The van der Waals surface area contributed by atoms with Crippen LogP contribution in [0.3, 0.4) is 0 Å². The molecule has 2 aromatic rings. The van der Waals surface area contributed by atoms with E-state index >= 15 is 0 Å². The summed E-state index contributed by atoms with van der Waals surface area (Å²) in [6, 6.07) is 0. The van der Waals surface area contributed by atoms with Crippen molar-refractivity contribution in [2.75, 3.05) is 33.4 Å². The molecule has 2 aromatic heterocycles. The first kappa shape index (κ1) is 23.8. The number of aryl methyl sites for hydroxylation is 1.